The Labute approximate surface area is 146 Å². The van der Waals surface area contributed by atoms with E-state index in [4.69, 9.17) is 16.6 Å². The third-order valence-electron chi connectivity index (χ3n) is 4.14. The van der Waals surface area contributed by atoms with Crippen LogP contribution in [0.4, 0.5) is 0 Å². The first-order chi connectivity index (χ1) is 11.7. The zero-order valence-electron chi connectivity index (χ0n) is 13.8. The van der Waals surface area contributed by atoms with Gasteiger partial charge >= 0.3 is 0 Å². The summed E-state index contributed by atoms with van der Waals surface area (Å²) in [6.45, 7) is 3.03. The summed E-state index contributed by atoms with van der Waals surface area (Å²) in [7, 11) is 0. The Morgan fingerprint density at radius 3 is 2.88 bits per heavy atom. The second kappa shape index (κ2) is 7.71. The zero-order valence-corrected chi connectivity index (χ0v) is 14.6. The number of hydrogen-bond acceptors (Lipinski definition) is 4. The monoisotopic (exact) mass is 344 g/mol. The number of nitrogens with zero attached hydrogens (tertiary/aromatic N) is 4. The van der Waals surface area contributed by atoms with Crippen LogP contribution in [-0.4, -0.2) is 24.8 Å². The van der Waals surface area contributed by atoms with Crippen molar-refractivity contribution in [3.8, 4) is 0 Å². The predicted octanol–water partition coefficient (Wildman–Crippen LogP) is 4.26. The molecule has 3 aromatic rings. The van der Waals surface area contributed by atoms with E-state index in [1.54, 1.807) is 6.20 Å². The molecule has 6 heteroatoms. The van der Waals surface area contributed by atoms with Crippen LogP contribution in [0, 0.1) is 0 Å². The van der Waals surface area contributed by atoms with Crippen molar-refractivity contribution in [3.05, 3.63) is 30.4 Å². The number of imidazole rings is 1. The van der Waals surface area contributed by atoms with Gasteiger partial charge in [0.15, 0.2) is 0 Å². The van der Waals surface area contributed by atoms with Crippen molar-refractivity contribution in [3.63, 3.8) is 0 Å². The Hall–Kier alpha value is -2.01. The van der Waals surface area contributed by atoms with Gasteiger partial charge in [-0.1, -0.05) is 13.3 Å². The molecule has 0 saturated carbocycles. The predicted molar refractivity (Wildman–Crippen MR) is 96.2 cm³/mol. The Bertz CT molecular complexity index is 859. The van der Waals surface area contributed by atoms with Crippen LogP contribution >= 0.6 is 11.6 Å². The van der Waals surface area contributed by atoms with Gasteiger partial charge in [0.2, 0.25) is 5.24 Å². The molecule has 0 bridgehead atoms. The fraction of sp³-hybridized carbons (Fsp3) is 0.444. The molecule has 0 atom stereocenters. The largest absolute Gasteiger partial charge is 0.326 e. The molecule has 0 saturated heterocycles. The Balaban J connectivity index is 1.92. The van der Waals surface area contributed by atoms with Gasteiger partial charge in [-0.05, 0) is 43.0 Å². The van der Waals surface area contributed by atoms with E-state index in [2.05, 4.69) is 21.5 Å². The van der Waals surface area contributed by atoms with Crippen LogP contribution < -0.4 is 0 Å². The van der Waals surface area contributed by atoms with Crippen molar-refractivity contribution in [2.45, 2.75) is 52.0 Å². The second-order valence-corrected chi connectivity index (χ2v) is 6.38. The van der Waals surface area contributed by atoms with Gasteiger partial charge < -0.3 is 4.57 Å². The van der Waals surface area contributed by atoms with Crippen molar-refractivity contribution in [1.29, 1.82) is 0 Å². The maximum Gasteiger partial charge on any atom is 0.221 e. The average molecular weight is 345 g/mol. The number of aryl methyl sites for hydroxylation is 2. The lowest BCUT2D eigenvalue weighted by atomic mass is 10.2. The highest BCUT2D eigenvalue weighted by Crippen LogP contribution is 2.24. The van der Waals surface area contributed by atoms with Gasteiger partial charge in [0.25, 0.3) is 0 Å². The summed E-state index contributed by atoms with van der Waals surface area (Å²) in [6, 6.07) is 3.88. The van der Waals surface area contributed by atoms with Gasteiger partial charge in [0, 0.05) is 25.6 Å². The van der Waals surface area contributed by atoms with Crippen LogP contribution in [0.25, 0.3) is 22.1 Å². The SMILES string of the molecule is CCCc1nc2cnc3cccnc3c2n1CCCCCC(=O)Cl. The highest BCUT2D eigenvalue weighted by molar-refractivity contribution is 6.63. The summed E-state index contributed by atoms with van der Waals surface area (Å²) < 4.78 is 2.28. The highest BCUT2D eigenvalue weighted by Gasteiger charge is 2.14. The molecule has 24 heavy (non-hydrogen) atoms. The molecule has 0 aliphatic rings. The van der Waals surface area contributed by atoms with Gasteiger partial charge in [0.1, 0.15) is 16.9 Å². The maximum absolute atomic E-state index is 10.8. The quantitative estimate of drug-likeness (QED) is 0.452. The van der Waals surface area contributed by atoms with Crippen molar-refractivity contribution in [1.82, 2.24) is 19.5 Å². The number of carbonyl (C=O) groups is 1. The number of aromatic nitrogens is 4. The Morgan fingerprint density at radius 2 is 2.08 bits per heavy atom. The third kappa shape index (κ3) is 3.56. The van der Waals surface area contributed by atoms with Gasteiger partial charge in [-0.15, -0.1) is 0 Å². The Morgan fingerprint density at radius 1 is 1.21 bits per heavy atom. The number of unbranched alkanes of at least 4 members (excludes halogenated alkanes) is 2. The molecule has 0 amide bonds. The minimum absolute atomic E-state index is 0.254. The fourth-order valence-electron chi connectivity index (χ4n) is 3.04. The van der Waals surface area contributed by atoms with Crippen LogP contribution in [0.15, 0.2) is 24.5 Å². The first kappa shape index (κ1) is 16.8. The summed E-state index contributed by atoms with van der Waals surface area (Å²) in [4.78, 5) is 24.6. The van der Waals surface area contributed by atoms with Gasteiger partial charge in [-0.25, -0.2) is 4.98 Å². The molecule has 3 aromatic heterocycles. The standard InChI is InChI=1S/C18H21ClN4O/c1-2-7-16-22-14-12-21-13-8-6-10-20-17(13)18(14)23(16)11-5-3-4-9-15(19)24/h6,8,10,12H,2-5,7,9,11H2,1H3. The average Bonchev–Trinajstić information content (AvgIpc) is 2.92. The zero-order chi connectivity index (χ0) is 16.9. The van der Waals surface area contributed by atoms with E-state index in [9.17, 15) is 4.79 Å². The molecule has 0 fully saturated rings. The first-order valence-electron chi connectivity index (χ1n) is 8.48. The van der Waals surface area contributed by atoms with Crippen molar-refractivity contribution in [2.24, 2.45) is 0 Å². The van der Waals surface area contributed by atoms with Gasteiger partial charge in [0.05, 0.1) is 17.2 Å². The molecule has 0 radical (unpaired) electrons. The summed E-state index contributed by atoms with van der Waals surface area (Å²) >= 11 is 5.40. The van der Waals surface area contributed by atoms with Crippen molar-refractivity contribution < 1.29 is 4.79 Å². The van der Waals surface area contributed by atoms with E-state index in [1.807, 2.05) is 18.3 Å². The Kier molecular flexibility index (Phi) is 5.41. The molecule has 5 nitrogen and oxygen atoms in total. The topological polar surface area (TPSA) is 60.7 Å². The molecule has 0 unspecified atom stereocenters. The summed E-state index contributed by atoms with van der Waals surface area (Å²) in [5.74, 6) is 1.08. The summed E-state index contributed by atoms with van der Waals surface area (Å²) in [5.41, 5.74) is 3.76. The molecule has 0 spiro atoms. The van der Waals surface area contributed by atoms with Crippen molar-refractivity contribution in [2.75, 3.05) is 0 Å². The van der Waals surface area contributed by atoms with E-state index in [1.165, 1.54) is 0 Å². The lowest BCUT2D eigenvalue weighted by molar-refractivity contribution is -0.111. The number of hydrogen-bond donors (Lipinski definition) is 0. The van der Waals surface area contributed by atoms with E-state index in [0.29, 0.717) is 6.42 Å². The number of halogens is 1. The van der Waals surface area contributed by atoms with Gasteiger partial charge in [-0.3, -0.25) is 14.8 Å². The van der Waals surface area contributed by atoms with Crippen LogP contribution in [0.5, 0.6) is 0 Å². The van der Waals surface area contributed by atoms with Crippen molar-refractivity contribution >= 4 is 38.9 Å². The smallest absolute Gasteiger partial charge is 0.221 e. The molecular weight excluding hydrogens is 324 g/mol. The molecule has 0 aromatic carbocycles. The maximum atomic E-state index is 10.8. The lowest BCUT2D eigenvalue weighted by Gasteiger charge is -2.09. The molecule has 0 N–H and O–H groups in total. The minimum atomic E-state index is -0.254. The third-order valence-corrected chi connectivity index (χ3v) is 4.33. The van der Waals surface area contributed by atoms with E-state index < -0.39 is 0 Å². The molecular formula is C18H21ClN4O. The molecule has 0 aliphatic heterocycles. The lowest BCUT2D eigenvalue weighted by Crippen LogP contribution is -2.05. The molecule has 3 heterocycles. The highest BCUT2D eigenvalue weighted by atomic mass is 35.5. The van der Waals surface area contributed by atoms with E-state index in [0.717, 1.165) is 66.5 Å². The van der Waals surface area contributed by atoms with E-state index >= 15 is 0 Å². The summed E-state index contributed by atoms with van der Waals surface area (Å²) in [6.07, 6.45) is 8.85. The first-order valence-corrected chi connectivity index (χ1v) is 8.85. The molecule has 0 aliphatic carbocycles. The van der Waals surface area contributed by atoms with E-state index in [-0.39, 0.29) is 5.24 Å². The van der Waals surface area contributed by atoms with Crippen LogP contribution in [-0.2, 0) is 17.8 Å². The second-order valence-electron chi connectivity index (χ2n) is 5.96. The minimum Gasteiger partial charge on any atom is -0.326 e. The molecule has 3 rings (SSSR count). The van der Waals surface area contributed by atoms with Crippen LogP contribution in [0.1, 0.15) is 44.9 Å². The van der Waals surface area contributed by atoms with Gasteiger partial charge in [-0.2, -0.15) is 0 Å². The number of rotatable bonds is 8. The normalized spacial score (nSPS) is 11.4. The summed E-state index contributed by atoms with van der Waals surface area (Å²) in [5, 5.41) is -0.254. The fourth-order valence-corrected chi connectivity index (χ4v) is 3.17. The molecule has 126 valence electrons. The number of pyridine rings is 2. The van der Waals surface area contributed by atoms with Crippen LogP contribution in [0.3, 0.4) is 0 Å². The number of carbonyl (C=O) groups excluding carboxylic acids is 1. The number of fused-ring (bicyclic) bond motifs is 3. The van der Waals surface area contributed by atoms with Crippen LogP contribution in [0.2, 0.25) is 0 Å².